The lowest BCUT2D eigenvalue weighted by atomic mass is 9.99. The Morgan fingerprint density at radius 3 is 2.43 bits per heavy atom. The van der Waals surface area contributed by atoms with E-state index < -0.39 is 0 Å². The van der Waals surface area contributed by atoms with Gasteiger partial charge < -0.3 is 5.73 Å². The third-order valence-corrected chi connectivity index (χ3v) is 2.75. The molecule has 0 aliphatic heterocycles. The first kappa shape index (κ1) is 9.07. The fourth-order valence-corrected chi connectivity index (χ4v) is 1.88. The Morgan fingerprint density at radius 2 is 1.71 bits per heavy atom. The van der Waals surface area contributed by atoms with Gasteiger partial charge >= 0.3 is 0 Å². The maximum atomic E-state index is 7.88. The van der Waals surface area contributed by atoms with Gasteiger partial charge in [0.1, 0.15) is 0 Å². The highest BCUT2D eigenvalue weighted by atomic mass is 14.6. The molecule has 0 heterocycles. The predicted molar refractivity (Wildman–Crippen MR) is 62.1 cm³/mol. The molecule has 0 fully saturated rings. The molecule has 0 saturated carbocycles. The van der Waals surface area contributed by atoms with Crippen LogP contribution < -0.4 is 0 Å². The average molecular weight is 184 g/mol. The Labute approximate surface area is 84.5 Å². The van der Waals surface area contributed by atoms with E-state index >= 15 is 0 Å². The molecule has 72 valence electrons. The minimum absolute atomic E-state index is 0.668. The Balaban J connectivity index is 2.91. The Bertz CT molecular complexity index is 498. The number of hydrogen-bond acceptors (Lipinski definition) is 0. The standard InChI is InChI=1S/C13H14N/c1-8-4-5-12-10(3)13(14)9(2)7-11(12)6-8/h4-7,14H,1-3H3/q-1. The van der Waals surface area contributed by atoms with E-state index in [1.165, 1.54) is 16.3 Å². The molecule has 1 nitrogen and oxygen atoms in total. The van der Waals surface area contributed by atoms with Crippen molar-refractivity contribution in [2.45, 2.75) is 20.8 Å². The summed E-state index contributed by atoms with van der Waals surface area (Å²) >= 11 is 0. The van der Waals surface area contributed by atoms with Gasteiger partial charge in [-0.3, -0.25) is 0 Å². The fourth-order valence-electron chi connectivity index (χ4n) is 1.88. The average Bonchev–Trinajstić information content (AvgIpc) is 2.14. The largest absolute Gasteiger partial charge is 0.698 e. The molecular formula is C13H14N-. The highest BCUT2D eigenvalue weighted by Gasteiger charge is 2.00. The molecule has 2 rings (SSSR count). The van der Waals surface area contributed by atoms with Gasteiger partial charge in [0.05, 0.1) is 0 Å². The van der Waals surface area contributed by atoms with Crippen molar-refractivity contribution in [3.8, 4) is 0 Å². The molecule has 0 atom stereocenters. The lowest BCUT2D eigenvalue weighted by molar-refractivity contribution is 1.43. The van der Waals surface area contributed by atoms with Gasteiger partial charge in [0.15, 0.2) is 0 Å². The molecule has 2 aromatic carbocycles. The molecule has 0 amide bonds. The number of nitrogens with one attached hydrogen (secondary N) is 1. The zero-order valence-electron chi connectivity index (χ0n) is 8.81. The van der Waals surface area contributed by atoms with Crippen molar-refractivity contribution in [3.63, 3.8) is 0 Å². The van der Waals surface area contributed by atoms with Crippen molar-refractivity contribution in [2.24, 2.45) is 0 Å². The molecular weight excluding hydrogens is 170 g/mol. The highest BCUT2D eigenvalue weighted by Crippen LogP contribution is 2.30. The summed E-state index contributed by atoms with van der Waals surface area (Å²) in [6, 6.07) is 8.48. The molecule has 0 aromatic heterocycles. The van der Waals surface area contributed by atoms with E-state index in [4.69, 9.17) is 5.73 Å². The summed E-state index contributed by atoms with van der Waals surface area (Å²) in [4.78, 5) is 0. The second-order valence-corrected chi connectivity index (χ2v) is 3.92. The Kier molecular flexibility index (Phi) is 1.95. The molecule has 14 heavy (non-hydrogen) atoms. The van der Waals surface area contributed by atoms with Gasteiger partial charge in [0, 0.05) is 0 Å². The van der Waals surface area contributed by atoms with Crippen LogP contribution in [0.2, 0.25) is 0 Å². The van der Waals surface area contributed by atoms with Crippen molar-refractivity contribution in [2.75, 3.05) is 0 Å². The zero-order valence-corrected chi connectivity index (χ0v) is 8.81. The summed E-state index contributed by atoms with van der Waals surface area (Å²) in [5.74, 6) is 0. The van der Waals surface area contributed by atoms with Crippen LogP contribution in [0.15, 0.2) is 24.3 Å². The van der Waals surface area contributed by atoms with Crippen molar-refractivity contribution in [1.82, 2.24) is 0 Å². The first-order valence-corrected chi connectivity index (χ1v) is 4.82. The van der Waals surface area contributed by atoms with Crippen LogP contribution in [0.5, 0.6) is 0 Å². The van der Waals surface area contributed by atoms with Crippen LogP contribution in [-0.2, 0) is 0 Å². The fraction of sp³-hybridized carbons (Fsp3) is 0.231. The number of benzene rings is 2. The number of aryl methyl sites for hydroxylation is 3. The lowest BCUT2D eigenvalue weighted by Gasteiger charge is -2.15. The van der Waals surface area contributed by atoms with E-state index in [9.17, 15) is 0 Å². The van der Waals surface area contributed by atoms with E-state index in [1.54, 1.807) is 0 Å². The molecule has 0 aliphatic rings. The van der Waals surface area contributed by atoms with Gasteiger partial charge in [0.2, 0.25) is 0 Å². The molecule has 1 N–H and O–H groups in total. The second kappa shape index (κ2) is 3.02. The first-order chi connectivity index (χ1) is 6.59. The van der Waals surface area contributed by atoms with E-state index in [0.29, 0.717) is 5.69 Å². The van der Waals surface area contributed by atoms with E-state index in [2.05, 4.69) is 31.2 Å². The predicted octanol–water partition coefficient (Wildman–Crippen LogP) is 4.45. The van der Waals surface area contributed by atoms with Crippen LogP contribution in [0.1, 0.15) is 16.7 Å². The molecule has 0 bridgehead atoms. The minimum atomic E-state index is 0.668. The van der Waals surface area contributed by atoms with Crippen molar-refractivity contribution < 1.29 is 0 Å². The van der Waals surface area contributed by atoms with Gasteiger partial charge in [-0.1, -0.05) is 41.0 Å². The van der Waals surface area contributed by atoms with Crippen LogP contribution in [0.3, 0.4) is 0 Å². The van der Waals surface area contributed by atoms with E-state index in [1.807, 2.05) is 13.8 Å². The third-order valence-electron chi connectivity index (χ3n) is 2.75. The Morgan fingerprint density at radius 1 is 1.00 bits per heavy atom. The molecule has 0 aliphatic carbocycles. The molecule has 0 spiro atoms. The summed E-state index contributed by atoms with van der Waals surface area (Å²) in [7, 11) is 0. The number of rotatable bonds is 0. The van der Waals surface area contributed by atoms with Gasteiger partial charge in [0.25, 0.3) is 0 Å². The van der Waals surface area contributed by atoms with Crippen LogP contribution in [-0.4, -0.2) is 0 Å². The maximum absolute atomic E-state index is 7.88. The monoisotopic (exact) mass is 184 g/mol. The van der Waals surface area contributed by atoms with Gasteiger partial charge in [-0.2, -0.15) is 0 Å². The highest BCUT2D eigenvalue weighted by molar-refractivity contribution is 5.91. The zero-order chi connectivity index (χ0) is 10.3. The Hall–Kier alpha value is -1.50. The van der Waals surface area contributed by atoms with Crippen LogP contribution in [0, 0.1) is 20.8 Å². The van der Waals surface area contributed by atoms with Crippen molar-refractivity contribution in [1.29, 1.82) is 0 Å². The summed E-state index contributed by atoms with van der Waals surface area (Å²) < 4.78 is 0. The summed E-state index contributed by atoms with van der Waals surface area (Å²) in [5, 5.41) is 2.45. The van der Waals surface area contributed by atoms with E-state index in [-0.39, 0.29) is 0 Å². The van der Waals surface area contributed by atoms with Gasteiger partial charge in [-0.15, -0.1) is 5.69 Å². The SMILES string of the molecule is Cc1ccc2c(C)c([NH-])c(C)cc2c1. The lowest BCUT2D eigenvalue weighted by Crippen LogP contribution is -1.83. The molecule has 2 aromatic rings. The van der Waals surface area contributed by atoms with Crippen molar-refractivity contribution >= 4 is 16.5 Å². The smallest absolute Gasteiger partial charge is 0.0167 e. The molecule has 1 heteroatoms. The maximum Gasteiger partial charge on any atom is -0.0167 e. The number of hydrogen-bond donors (Lipinski definition) is 0. The normalized spacial score (nSPS) is 10.8. The summed E-state index contributed by atoms with van der Waals surface area (Å²) in [5.41, 5.74) is 12.0. The second-order valence-electron chi connectivity index (χ2n) is 3.92. The topological polar surface area (TPSA) is 23.8 Å². The molecule has 0 saturated heterocycles. The third kappa shape index (κ3) is 1.25. The minimum Gasteiger partial charge on any atom is -0.698 e. The molecule has 0 unspecified atom stereocenters. The van der Waals surface area contributed by atoms with E-state index in [0.717, 1.165) is 11.1 Å². The molecule has 0 radical (unpaired) electrons. The first-order valence-electron chi connectivity index (χ1n) is 4.82. The summed E-state index contributed by atoms with van der Waals surface area (Å²) in [6.45, 7) is 6.11. The van der Waals surface area contributed by atoms with Crippen molar-refractivity contribution in [3.05, 3.63) is 46.7 Å². The van der Waals surface area contributed by atoms with Crippen LogP contribution in [0.4, 0.5) is 5.69 Å². The van der Waals surface area contributed by atoms with Gasteiger partial charge in [-0.25, -0.2) is 0 Å². The van der Waals surface area contributed by atoms with Crippen LogP contribution in [0.25, 0.3) is 16.5 Å². The quantitative estimate of drug-likeness (QED) is 0.577. The number of fused-ring (bicyclic) bond motifs is 1. The van der Waals surface area contributed by atoms with Crippen LogP contribution >= 0.6 is 0 Å². The van der Waals surface area contributed by atoms with Gasteiger partial charge in [-0.05, 0) is 31.5 Å². The summed E-state index contributed by atoms with van der Waals surface area (Å²) in [6.07, 6.45) is 0.